The second kappa shape index (κ2) is 6.18. The summed E-state index contributed by atoms with van der Waals surface area (Å²) >= 11 is 0. The molecule has 22 heavy (non-hydrogen) atoms. The lowest BCUT2D eigenvalue weighted by Gasteiger charge is -2.20. The first-order valence-electron chi connectivity index (χ1n) is 7.65. The lowest BCUT2D eigenvalue weighted by atomic mass is 10.0. The zero-order valence-corrected chi connectivity index (χ0v) is 13.4. The molecule has 0 saturated carbocycles. The first-order valence-corrected chi connectivity index (χ1v) is 7.65. The number of hydrogen-bond donors (Lipinski definition) is 0. The van der Waals surface area contributed by atoms with E-state index in [9.17, 15) is 0 Å². The SMILES string of the molecule is COC1(c2nnc(CCc3ccc(C)cc3C)o2)CCOC1. The van der Waals surface area contributed by atoms with E-state index in [1.54, 1.807) is 7.11 Å². The summed E-state index contributed by atoms with van der Waals surface area (Å²) in [7, 11) is 1.66. The molecule has 3 rings (SSSR count). The Kier molecular flexibility index (Phi) is 4.27. The minimum absolute atomic E-state index is 0.474. The summed E-state index contributed by atoms with van der Waals surface area (Å²) in [6.07, 6.45) is 2.38. The molecule has 1 saturated heterocycles. The molecule has 1 atom stereocenters. The predicted molar refractivity (Wildman–Crippen MR) is 81.7 cm³/mol. The van der Waals surface area contributed by atoms with Crippen LogP contribution in [0.15, 0.2) is 22.6 Å². The van der Waals surface area contributed by atoms with Crippen molar-refractivity contribution in [1.82, 2.24) is 10.2 Å². The molecule has 118 valence electrons. The average Bonchev–Trinajstić information content (AvgIpc) is 3.16. The van der Waals surface area contributed by atoms with Gasteiger partial charge >= 0.3 is 0 Å². The number of benzene rings is 1. The highest BCUT2D eigenvalue weighted by molar-refractivity contribution is 5.30. The minimum atomic E-state index is -0.564. The van der Waals surface area contributed by atoms with E-state index in [1.807, 2.05) is 0 Å². The molecular weight excluding hydrogens is 280 g/mol. The van der Waals surface area contributed by atoms with E-state index in [1.165, 1.54) is 16.7 Å². The Balaban J connectivity index is 1.69. The maximum absolute atomic E-state index is 5.82. The molecule has 0 bridgehead atoms. The van der Waals surface area contributed by atoms with Crippen molar-refractivity contribution in [2.75, 3.05) is 20.3 Å². The van der Waals surface area contributed by atoms with Crippen molar-refractivity contribution >= 4 is 0 Å². The largest absolute Gasteiger partial charge is 0.422 e. The van der Waals surface area contributed by atoms with E-state index in [4.69, 9.17) is 13.9 Å². The Hall–Kier alpha value is -1.72. The van der Waals surface area contributed by atoms with Gasteiger partial charge in [0, 0.05) is 20.0 Å². The normalized spacial score (nSPS) is 21.4. The van der Waals surface area contributed by atoms with Gasteiger partial charge in [-0.2, -0.15) is 0 Å². The Bertz CT molecular complexity index is 645. The molecule has 1 unspecified atom stereocenters. The third-order valence-electron chi connectivity index (χ3n) is 4.34. The van der Waals surface area contributed by atoms with Crippen molar-refractivity contribution in [3.05, 3.63) is 46.7 Å². The number of aromatic nitrogens is 2. The summed E-state index contributed by atoms with van der Waals surface area (Å²) in [6.45, 7) is 5.38. The molecule has 1 fully saturated rings. The second-order valence-electron chi connectivity index (χ2n) is 5.93. The first-order chi connectivity index (χ1) is 10.6. The molecule has 5 nitrogen and oxygen atoms in total. The van der Waals surface area contributed by atoms with Crippen LogP contribution in [-0.2, 0) is 27.9 Å². The van der Waals surface area contributed by atoms with Crippen molar-refractivity contribution in [3.8, 4) is 0 Å². The fraction of sp³-hybridized carbons (Fsp3) is 0.529. The molecule has 1 aliphatic heterocycles. The highest BCUT2D eigenvalue weighted by Crippen LogP contribution is 2.33. The highest BCUT2D eigenvalue weighted by atomic mass is 16.6. The van der Waals surface area contributed by atoms with Crippen LogP contribution >= 0.6 is 0 Å². The molecule has 1 aromatic carbocycles. The van der Waals surface area contributed by atoms with Crippen molar-refractivity contribution in [1.29, 1.82) is 0 Å². The van der Waals surface area contributed by atoms with E-state index >= 15 is 0 Å². The second-order valence-corrected chi connectivity index (χ2v) is 5.93. The molecule has 0 radical (unpaired) electrons. The van der Waals surface area contributed by atoms with E-state index in [-0.39, 0.29) is 0 Å². The molecule has 2 heterocycles. The third kappa shape index (κ3) is 2.91. The van der Waals surface area contributed by atoms with Crippen LogP contribution < -0.4 is 0 Å². The van der Waals surface area contributed by atoms with Crippen molar-refractivity contribution in [2.45, 2.75) is 38.7 Å². The number of methoxy groups -OCH3 is 1. The number of rotatable bonds is 5. The summed E-state index contributed by atoms with van der Waals surface area (Å²) in [4.78, 5) is 0. The molecule has 0 aliphatic carbocycles. The van der Waals surface area contributed by atoms with Crippen LogP contribution in [0.25, 0.3) is 0 Å². The van der Waals surface area contributed by atoms with E-state index in [2.05, 4.69) is 42.2 Å². The van der Waals surface area contributed by atoms with Crippen LogP contribution in [0, 0.1) is 13.8 Å². The van der Waals surface area contributed by atoms with E-state index in [0.717, 1.165) is 19.3 Å². The Morgan fingerprint density at radius 3 is 2.77 bits per heavy atom. The summed E-state index contributed by atoms with van der Waals surface area (Å²) < 4.78 is 16.8. The van der Waals surface area contributed by atoms with Gasteiger partial charge in [-0.25, -0.2) is 0 Å². The lowest BCUT2D eigenvalue weighted by Crippen LogP contribution is -2.29. The summed E-state index contributed by atoms with van der Waals surface area (Å²) in [5.41, 5.74) is 3.34. The van der Waals surface area contributed by atoms with Gasteiger partial charge in [-0.05, 0) is 31.4 Å². The summed E-state index contributed by atoms with van der Waals surface area (Å²) in [6, 6.07) is 6.51. The van der Waals surface area contributed by atoms with Gasteiger partial charge in [-0.3, -0.25) is 0 Å². The fourth-order valence-corrected chi connectivity index (χ4v) is 2.87. The predicted octanol–water partition coefficient (Wildman–Crippen LogP) is 2.73. The van der Waals surface area contributed by atoms with Crippen LogP contribution in [0.4, 0.5) is 0 Å². The lowest BCUT2D eigenvalue weighted by molar-refractivity contribution is -0.0416. The van der Waals surface area contributed by atoms with Crippen LogP contribution in [0.3, 0.4) is 0 Å². The van der Waals surface area contributed by atoms with Gasteiger partial charge in [-0.1, -0.05) is 23.8 Å². The monoisotopic (exact) mass is 302 g/mol. The van der Waals surface area contributed by atoms with Gasteiger partial charge in [0.15, 0.2) is 5.60 Å². The maximum atomic E-state index is 5.82. The highest BCUT2D eigenvalue weighted by Gasteiger charge is 2.42. The van der Waals surface area contributed by atoms with Gasteiger partial charge < -0.3 is 13.9 Å². The average molecular weight is 302 g/mol. The number of nitrogens with zero attached hydrogens (tertiary/aromatic N) is 2. The Morgan fingerprint density at radius 1 is 1.23 bits per heavy atom. The quantitative estimate of drug-likeness (QED) is 0.850. The first kappa shape index (κ1) is 15.2. The molecule has 1 aliphatic rings. The topological polar surface area (TPSA) is 57.4 Å². The van der Waals surface area contributed by atoms with Crippen LogP contribution in [-0.4, -0.2) is 30.5 Å². The van der Waals surface area contributed by atoms with Gasteiger partial charge in [0.25, 0.3) is 5.89 Å². The number of ether oxygens (including phenoxy) is 2. The standard InChI is InChI=1S/C17H22N2O3/c1-12-4-5-14(13(2)10-12)6-7-15-18-19-16(22-15)17(20-3)8-9-21-11-17/h4-5,10H,6-9,11H2,1-3H3. The van der Waals surface area contributed by atoms with E-state index < -0.39 is 5.60 Å². The summed E-state index contributed by atoms with van der Waals surface area (Å²) in [5.74, 6) is 1.18. The zero-order valence-electron chi connectivity index (χ0n) is 13.4. The van der Waals surface area contributed by atoms with Crippen LogP contribution in [0.5, 0.6) is 0 Å². The maximum Gasteiger partial charge on any atom is 0.250 e. The van der Waals surface area contributed by atoms with Crippen molar-refractivity contribution < 1.29 is 13.9 Å². The Morgan fingerprint density at radius 2 is 2.09 bits per heavy atom. The molecule has 5 heteroatoms. The third-order valence-corrected chi connectivity index (χ3v) is 4.34. The molecule has 0 spiro atoms. The zero-order chi connectivity index (χ0) is 15.6. The summed E-state index contributed by atoms with van der Waals surface area (Å²) in [5, 5.41) is 8.33. The van der Waals surface area contributed by atoms with Crippen molar-refractivity contribution in [3.63, 3.8) is 0 Å². The van der Waals surface area contributed by atoms with Gasteiger partial charge in [-0.15, -0.1) is 10.2 Å². The van der Waals surface area contributed by atoms with Gasteiger partial charge in [0.05, 0.1) is 13.2 Å². The van der Waals surface area contributed by atoms with Gasteiger partial charge in [0.1, 0.15) is 0 Å². The minimum Gasteiger partial charge on any atom is -0.422 e. The molecule has 0 amide bonds. The van der Waals surface area contributed by atoms with Crippen LogP contribution in [0.1, 0.15) is 34.9 Å². The number of hydrogen-bond acceptors (Lipinski definition) is 5. The van der Waals surface area contributed by atoms with Crippen LogP contribution in [0.2, 0.25) is 0 Å². The van der Waals surface area contributed by atoms with E-state index in [0.29, 0.717) is 25.0 Å². The number of aryl methyl sites for hydroxylation is 4. The van der Waals surface area contributed by atoms with Crippen molar-refractivity contribution in [2.24, 2.45) is 0 Å². The van der Waals surface area contributed by atoms with Gasteiger partial charge in [0.2, 0.25) is 5.89 Å². The smallest absolute Gasteiger partial charge is 0.250 e. The molecule has 0 N–H and O–H groups in total. The fourth-order valence-electron chi connectivity index (χ4n) is 2.87. The molecule has 1 aromatic heterocycles. The Labute approximate surface area is 130 Å². The molecule has 2 aromatic rings. The molecular formula is C17H22N2O3.